The highest BCUT2D eigenvalue weighted by Crippen LogP contribution is 1.89. The predicted molar refractivity (Wildman–Crippen MR) is 155 cm³/mol. The molecule has 0 N–H and O–H groups in total. The van der Waals surface area contributed by atoms with Gasteiger partial charge in [-0.25, -0.2) is 0 Å². The predicted octanol–water partition coefficient (Wildman–Crippen LogP) is 2.17. The molecule has 0 aliphatic rings. The normalized spacial score (nSPS) is 11.4. The number of ether oxygens (including phenoxy) is 12. The molecule has 0 aromatic heterocycles. The van der Waals surface area contributed by atoms with E-state index in [4.69, 9.17) is 56.8 Å². The van der Waals surface area contributed by atoms with Gasteiger partial charge in [-0.1, -0.05) is 19.4 Å². The summed E-state index contributed by atoms with van der Waals surface area (Å²) in [5.41, 5.74) is 0. The van der Waals surface area contributed by atoms with Gasteiger partial charge in [-0.3, -0.25) is 0 Å². The first-order valence-electron chi connectivity index (χ1n) is 15.0. The Morgan fingerprint density at radius 1 is 0.317 bits per heavy atom. The number of unbranched alkanes of at least 4 members (excludes halogenated alkanes) is 1. The molecule has 0 aromatic carbocycles. The third kappa shape index (κ3) is 39.3. The van der Waals surface area contributed by atoms with E-state index in [0.29, 0.717) is 152 Å². The molecule has 0 heterocycles. The van der Waals surface area contributed by atoms with E-state index < -0.39 is 0 Å². The standard InChI is InChI=1S/C29H58O12/c1-3-5-7-31-9-11-33-13-15-35-17-19-37-21-23-39-25-27-41-29-28-40-26-24-38-22-20-36-18-16-34-14-12-32-10-8-30-6-4-2/h4H,2-3,5-29H2,1H3. The number of hydrogen-bond acceptors (Lipinski definition) is 12. The average Bonchev–Trinajstić information content (AvgIpc) is 2.98. The number of rotatable bonds is 38. The highest BCUT2D eigenvalue weighted by Gasteiger charge is 1.96. The second-order valence-electron chi connectivity index (χ2n) is 8.45. The van der Waals surface area contributed by atoms with Gasteiger partial charge in [-0.15, -0.1) is 6.58 Å². The van der Waals surface area contributed by atoms with Crippen LogP contribution in [-0.2, 0) is 56.8 Å². The van der Waals surface area contributed by atoms with Gasteiger partial charge in [0.1, 0.15) is 0 Å². The minimum Gasteiger partial charge on any atom is -0.379 e. The third-order valence-electron chi connectivity index (χ3n) is 4.97. The molecule has 0 radical (unpaired) electrons. The minimum absolute atomic E-state index is 0.518. The molecule has 0 rings (SSSR count). The summed E-state index contributed by atoms with van der Waals surface area (Å²) in [6, 6.07) is 0. The molecular weight excluding hydrogens is 540 g/mol. The van der Waals surface area contributed by atoms with Gasteiger partial charge < -0.3 is 56.8 Å². The van der Waals surface area contributed by atoms with Gasteiger partial charge in [0.2, 0.25) is 0 Å². The van der Waals surface area contributed by atoms with Crippen LogP contribution in [0.2, 0.25) is 0 Å². The lowest BCUT2D eigenvalue weighted by atomic mass is 10.4. The van der Waals surface area contributed by atoms with E-state index in [1.165, 1.54) is 0 Å². The van der Waals surface area contributed by atoms with Crippen LogP contribution in [0.5, 0.6) is 0 Å². The van der Waals surface area contributed by atoms with Crippen molar-refractivity contribution in [2.45, 2.75) is 19.8 Å². The van der Waals surface area contributed by atoms with Crippen molar-refractivity contribution in [1.29, 1.82) is 0 Å². The summed E-state index contributed by atoms with van der Waals surface area (Å²) in [5.74, 6) is 0. The topological polar surface area (TPSA) is 111 Å². The quantitative estimate of drug-likeness (QED) is 0.0767. The minimum atomic E-state index is 0.518. The summed E-state index contributed by atoms with van der Waals surface area (Å²) in [5, 5.41) is 0. The van der Waals surface area contributed by atoms with Crippen LogP contribution in [-0.4, -0.2) is 159 Å². The molecule has 0 unspecified atom stereocenters. The van der Waals surface area contributed by atoms with Gasteiger partial charge in [-0.2, -0.15) is 0 Å². The van der Waals surface area contributed by atoms with Crippen molar-refractivity contribution in [2.24, 2.45) is 0 Å². The van der Waals surface area contributed by atoms with Gasteiger partial charge in [0, 0.05) is 6.61 Å². The third-order valence-corrected chi connectivity index (χ3v) is 4.97. The van der Waals surface area contributed by atoms with E-state index in [1.54, 1.807) is 6.08 Å². The molecule has 41 heavy (non-hydrogen) atoms. The summed E-state index contributed by atoms with van der Waals surface area (Å²) >= 11 is 0. The van der Waals surface area contributed by atoms with Crippen LogP contribution in [0.25, 0.3) is 0 Å². The molecule has 246 valence electrons. The van der Waals surface area contributed by atoms with Crippen molar-refractivity contribution in [3.8, 4) is 0 Å². The Labute approximate surface area is 248 Å². The van der Waals surface area contributed by atoms with Crippen LogP contribution in [0.1, 0.15) is 19.8 Å². The van der Waals surface area contributed by atoms with Crippen LogP contribution in [0.3, 0.4) is 0 Å². The maximum Gasteiger partial charge on any atom is 0.0704 e. The molecule has 0 amide bonds. The first-order valence-corrected chi connectivity index (χ1v) is 15.0. The average molecular weight is 599 g/mol. The zero-order valence-corrected chi connectivity index (χ0v) is 25.6. The van der Waals surface area contributed by atoms with Gasteiger partial charge in [-0.05, 0) is 6.42 Å². The van der Waals surface area contributed by atoms with Crippen molar-refractivity contribution in [3.05, 3.63) is 12.7 Å². The van der Waals surface area contributed by atoms with Gasteiger partial charge in [0.15, 0.2) is 0 Å². The Kier molecular flexibility index (Phi) is 38.6. The van der Waals surface area contributed by atoms with Gasteiger partial charge in [0.05, 0.1) is 152 Å². The molecule has 0 saturated carbocycles. The van der Waals surface area contributed by atoms with Crippen LogP contribution in [0.15, 0.2) is 12.7 Å². The fraction of sp³-hybridized carbons (Fsp3) is 0.931. The molecule has 12 nitrogen and oxygen atoms in total. The Bertz CT molecular complexity index is 473. The van der Waals surface area contributed by atoms with Gasteiger partial charge in [0.25, 0.3) is 0 Å². The largest absolute Gasteiger partial charge is 0.379 e. The lowest BCUT2D eigenvalue weighted by molar-refractivity contribution is -0.0282. The van der Waals surface area contributed by atoms with Crippen LogP contribution in [0, 0.1) is 0 Å². The van der Waals surface area contributed by atoms with E-state index in [2.05, 4.69) is 13.5 Å². The van der Waals surface area contributed by atoms with E-state index in [-0.39, 0.29) is 0 Å². The van der Waals surface area contributed by atoms with E-state index in [0.717, 1.165) is 19.4 Å². The molecule has 0 spiro atoms. The van der Waals surface area contributed by atoms with Crippen LogP contribution in [0.4, 0.5) is 0 Å². The SMILES string of the molecule is C=CCOCCOCCOCCOCCOCCOCCOCCOCCOCCOCCOCCOCCCC. The molecular formula is C29H58O12. The van der Waals surface area contributed by atoms with Crippen LogP contribution >= 0.6 is 0 Å². The molecule has 0 fully saturated rings. The second-order valence-corrected chi connectivity index (χ2v) is 8.45. The fourth-order valence-corrected chi connectivity index (χ4v) is 2.83. The summed E-state index contributed by atoms with van der Waals surface area (Å²) in [6.45, 7) is 19.0. The maximum atomic E-state index is 5.47. The first kappa shape index (κ1) is 40.3. The van der Waals surface area contributed by atoms with E-state index >= 15 is 0 Å². The zero-order chi connectivity index (χ0) is 29.6. The molecule has 12 heteroatoms. The lowest BCUT2D eigenvalue weighted by Gasteiger charge is -2.09. The molecule has 0 atom stereocenters. The number of hydrogen-bond donors (Lipinski definition) is 0. The van der Waals surface area contributed by atoms with Crippen molar-refractivity contribution < 1.29 is 56.8 Å². The van der Waals surface area contributed by atoms with Crippen molar-refractivity contribution in [3.63, 3.8) is 0 Å². The van der Waals surface area contributed by atoms with Crippen molar-refractivity contribution in [1.82, 2.24) is 0 Å². The summed E-state index contributed by atoms with van der Waals surface area (Å²) in [4.78, 5) is 0. The Balaban J connectivity index is 3.02. The maximum absolute atomic E-state index is 5.47. The fourth-order valence-electron chi connectivity index (χ4n) is 2.83. The summed E-state index contributed by atoms with van der Waals surface area (Å²) in [6.07, 6.45) is 3.95. The van der Waals surface area contributed by atoms with Crippen LogP contribution < -0.4 is 0 Å². The highest BCUT2D eigenvalue weighted by atomic mass is 16.6. The monoisotopic (exact) mass is 598 g/mol. The Morgan fingerprint density at radius 2 is 0.512 bits per heavy atom. The lowest BCUT2D eigenvalue weighted by Crippen LogP contribution is -2.15. The summed E-state index contributed by atoms with van der Waals surface area (Å²) < 4.78 is 65.1. The van der Waals surface area contributed by atoms with E-state index in [1.807, 2.05) is 0 Å². The zero-order valence-electron chi connectivity index (χ0n) is 25.6. The second kappa shape index (κ2) is 39.3. The highest BCUT2D eigenvalue weighted by molar-refractivity contribution is 4.63. The Hall–Kier alpha value is -0.740. The Morgan fingerprint density at radius 3 is 0.707 bits per heavy atom. The molecule has 0 aromatic rings. The van der Waals surface area contributed by atoms with Gasteiger partial charge >= 0.3 is 0 Å². The van der Waals surface area contributed by atoms with E-state index in [9.17, 15) is 0 Å². The van der Waals surface area contributed by atoms with Crippen molar-refractivity contribution in [2.75, 3.05) is 159 Å². The molecule has 0 aliphatic heterocycles. The molecule has 0 aliphatic carbocycles. The summed E-state index contributed by atoms with van der Waals surface area (Å²) in [7, 11) is 0. The molecule has 0 bridgehead atoms. The molecule has 0 saturated heterocycles. The van der Waals surface area contributed by atoms with Crippen molar-refractivity contribution >= 4 is 0 Å². The first-order chi connectivity index (χ1) is 20.4. The smallest absolute Gasteiger partial charge is 0.0704 e.